The lowest BCUT2D eigenvalue weighted by Gasteiger charge is -2.00. The highest BCUT2D eigenvalue weighted by Crippen LogP contribution is 2.34. The molecular formula is C10H13N3OS2. The topological polar surface area (TPSA) is 61.0 Å². The van der Waals surface area contributed by atoms with E-state index in [2.05, 4.69) is 10.2 Å². The maximum Gasteiger partial charge on any atom is 0.158 e. The van der Waals surface area contributed by atoms with Gasteiger partial charge in [-0.1, -0.05) is 18.3 Å². The van der Waals surface area contributed by atoms with Crippen molar-refractivity contribution >= 4 is 22.7 Å². The van der Waals surface area contributed by atoms with Crippen molar-refractivity contribution in [2.45, 2.75) is 19.4 Å². The number of methoxy groups -OCH3 is 1. The first-order chi connectivity index (χ1) is 7.74. The van der Waals surface area contributed by atoms with Crippen molar-refractivity contribution in [1.82, 2.24) is 10.2 Å². The molecule has 4 nitrogen and oxygen atoms in total. The monoisotopic (exact) mass is 255 g/mol. The molecule has 0 radical (unpaired) electrons. The number of ether oxygens (including phenoxy) is 1. The number of aromatic nitrogens is 2. The lowest BCUT2D eigenvalue weighted by Crippen LogP contribution is -2.07. The SMILES string of the molecule is CCC(N)c1nnc(-c2cc(OC)cs2)s1. The van der Waals surface area contributed by atoms with E-state index in [-0.39, 0.29) is 6.04 Å². The molecule has 2 N–H and O–H groups in total. The van der Waals surface area contributed by atoms with E-state index in [1.807, 2.05) is 18.4 Å². The maximum atomic E-state index is 5.90. The van der Waals surface area contributed by atoms with Gasteiger partial charge in [-0.25, -0.2) is 0 Å². The van der Waals surface area contributed by atoms with Crippen LogP contribution in [0.5, 0.6) is 5.75 Å². The fraction of sp³-hybridized carbons (Fsp3) is 0.400. The van der Waals surface area contributed by atoms with Gasteiger partial charge in [0.05, 0.1) is 18.0 Å². The molecule has 0 saturated heterocycles. The molecule has 0 spiro atoms. The molecule has 0 aliphatic rings. The molecule has 2 aromatic heterocycles. The molecule has 2 rings (SSSR count). The molecule has 0 amide bonds. The number of rotatable bonds is 4. The standard InChI is InChI=1S/C10H13N3OS2/c1-3-7(11)9-12-13-10(16-9)8-4-6(14-2)5-15-8/h4-5,7H,3,11H2,1-2H3. The minimum Gasteiger partial charge on any atom is -0.496 e. The molecule has 0 fully saturated rings. The van der Waals surface area contributed by atoms with E-state index >= 15 is 0 Å². The molecule has 0 aliphatic heterocycles. The zero-order valence-corrected chi connectivity index (χ0v) is 10.8. The van der Waals surface area contributed by atoms with E-state index in [9.17, 15) is 0 Å². The molecule has 0 aliphatic carbocycles. The van der Waals surface area contributed by atoms with Crippen LogP contribution in [0.2, 0.25) is 0 Å². The number of hydrogen-bond donors (Lipinski definition) is 1. The van der Waals surface area contributed by atoms with E-state index in [0.29, 0.717) is 0 Å². The van der Waals surface area contributed by atoms with Crippen LogP contribution in [-0.4, -0.2) is 17.3 Å². The third-order valence-electron chi connectivity index (χ3n) is 2.22. The molecule has 1 unspecified atom stereocenters. The number of nitrogens with two attached hydrogens (primary N) is 1. The van der Waals surface area contributed by atoms with Gasteiger partial charge in [0.25, 0.3) is 0 Å². The summed E-state index contributed by atoms with van der Waals surface area (Å²) in [6.45, 7) is 2.04. The molecule has 86 valence electrons. The van der Waals surface area contributed by atoms with Gasteiger partial charge in [-0.2, -0.15) is 0 Å². The second-order valence-electron chi connectivity index (χ2n) is 3.31. The van der Waals surface area contributed by atoms with Crippen LogP contribution in [0.25, 0.3) is 9.88 Å². The molecule has 0 bridgehead atoms. The Balaban J connectivity index is 2.24. The maximum absolute atomic E-state index is 5.90. The van der Waals surface area contributed by atoms with E-state index in [0.717, 1.165) is 27.1 Å². The van der Waals surface area contributed by atoms with Gasteiger partial charge < -0.3 is 10.5 Å². The van der Waals surface area contributed by atoms with E-state index < -0.39 is 0 Å². The average molecular weight is 255 g/mol. The fourth-order valence-corrected chi connectivity index (χ4v) is 3.04. The fourth-order valence-electron chi connectivity index (χ4n) is 1.20. The largest absolute Gasteiger partial charge is 0.496 e. The molecule has 6 heteroatoms. The second kappa shape index (κ2) is 4.90. The summed E-state index contributed by atoms with van der Waals surface area (Å²) in [5, 5.41) is 12.0. The second-order valence-corrected chi connectivity index (χ2v) is 5.23. The zero-order chi connectivity index (χ0) is 11.5. The van der Waals surface area contributed by atoms with Crippen molar-refractivity contribution in [1.29, 1.82) is 0 Å². The molecule has 16 heavy (non-hydrogen) atoms. The van der Waals surface area contributed by atoms with Gasteiger partial charge in [-0.3, -0.25) is 0 Å². The van der Waals surface area contributed by atoms with Crippen molar-refractivity contribution in [3.63, 3.8) is 0 Å². The summed E-state index contributed by atoms with van der Waals surface area (Å²) in [7, 11) is 1.66. The molecule has 2 aromatic rings. The molecule has 2 heterocycles. The first-order valence-corrected chi connectivity index (χ1v) is 6.66. The third-order valence-corrected chi connectivity index (χ3v) is 4.35. The summed E-state index contributed by atoms with van der Waals surface area (Å²) in [4.78, 5) is 1.07. The van der Waals surface area contributed by atoms with Gasteiger partial charge in [0, 0.05) is 11.4 Å². The Hall–Kier alpha value is -0.980. The van der Waals surface area contributed by atoms with Crippen molar-refractivity contribution in [2.24, 2.45) is 5.73 Å². The van der Waals surface area contributed by atoms with Crippen LogP contribution in [0.15, 0.2) is 11.4 Å². The van der Waals surface area contributed by atoms with Gasteiger partial charge in [0.15, 0.2) is 5.01 Å². The minimum atomic E-state index is -0.00638. The summed E-state index contributed by atoms with van der Waals surface area (Å²) in [6, 6.07) is 1.96. The van der Waals surface area contributed by atoms with Crippen LogP contribution < -0.4 is 10.5 Å². The van der Waals surface area contributed by atoms with Crippen LogP contribution >= 0.6 is 22.7 Å². The number of hydrogen-bond acceptors (Lipinski definition) is 6. The Bertz CT molecular complexity index is 466. The summed E-state index contributed by atoms with van der Waals surface area (Å²) in [5.74, 6) is 0.858. The quantitative estimate of drug-likeness (QED) is 0.912. The van der Waals surface area contributed by atoms with Crippen LogP contribution in [0.4, 0.5) is 0 Å². The summed E-state index contributed by atoms with van der Waals surface area (Å²) in [5.41, 5.74) is 5.90. The van der Waals surface area contributed by atoms with Crippen molar-refractivity contribution in [2.75, 3.05) is 7.11 Å². The van der Waals surface area contributed by atoms with Gasteiger partial charge in [0.1, 0.15) is 10.8 Å². The van der Waals surface area contributed by atoms with Crippen LogP contribution in [-0.2, 0) is 0 Å². The normalized spacial score (nSPS) is 12.7. The Morgan fingerprint density at radius 2 is 2.31 bits per heavy atom. The van der Waals surface area contributed by atoms with Gasteiger partial charge in [-0.05, 0) is 6.42 Å². The van der Waals surface area contributed by atoms with Crippen LogP contribution in [0.3, 0.4) is 0 Å². The smallest absolute Gasteiger partial charge is 0.158 e. The van der Waals surface area contributed by atoms with E-state index in [1.165, 1.54) is 0 Å². The Morgan fingerprint density at radius 3 is 2.94 bits per heavy atom. The lowest BCUT2D eigenvalue weighted by molar-refractivity contribution is 0.417. The summed E-state index contributed by atoms with van der Waals surface area (Å²) >= 11 is 3.15. The summed E-state index contributed by atoms with van der Waals surface area (Å²) in [6.07, 6.45) is 0.877. The first kappa shape index (κ1) is 11.5. The van der Waals surface area contributed by atoms with E-state index in [4.69, 9.17) is 10.5 Å². The van der Waals surface area contributed by atoms with Gasteiger partial charge in [0.2, 0.25) is 0 Å². The highest BCUT2D eigenvalue weighted by Gasteiger charge is 2.13. The third kappa shape index (κ3) is 2.23. The lowest BCUT2D eigenvalue weighted by atomic mass is 10.3. The molecule has 0 aromatic carbocycles. The predicted molar refractivity (Wildman–Crippen MR) is 67.0 cm³/mol. The van der Waals surface area contributed by atoms with Crippen molar-refractivity contribution in [3.05, 3.63) is 16.5 Å². The number of thiophene rings is 1. The van der Waals surface area contributed by atoms with Crippen molar-refractivity contribution in [3.8, 4) is 15.6 Å². The molecular weight excluding hydrogens is 242 g/mol. The highest BCUT2D eigenvalue weighted by molar-refractivity contribution is 7.20. The van der Waals surface area contributed by atoms with E-state index in [1.54, 1.807) is 29.8 Å². The first-order valence-electron chi connectivity index (χ1n) is 4.96. The predicted octanol–water partition coefficient (Wildman–Crippen LogP) is 2.69. The number of nitrogens with zero attached hydrogens (tertiary/aromatic N) is 2. The Labute approximate surface area is 102 Å². The molecule has 0 saturated carbocycles. The van der Waals surface area contributed by atoms with Crippen molar-refractivity contribution < 1.29 is 4.74 Å². The average Bonchev–Trinajstić information content (AvgIpc) is 2.95. The van der Waals surface area contributed by atoms with Gasteiger partial charge in [-0.15, -0.1) is 21.5 Å². The van der Waals surface area contributed by atoms with Crippen LogP contribution in [0, 0.1) is 0 Å². The van der Waals surface area contributed by atoms with Crippen LogP contribution in [0.1, 0.15) is 24.4 Å². The molecule has 1 atom stereocenters. The zero-order valence-electron chi connectivity index (χ0n) is 9.14. The van der Waals surface area contributed by atoms with Gasteiger partial charge >= 0.3 is 0 Å². The Kier molecular flexibility index (Phi) is 3.52. The summed E-state index contributed by atoms with van der Waals surface area (Å²) < 4.78 is 5.13. The highest BCUT2D eigenvalue weighted by atomic mass is 32.1. The Morgan fingerprint density at radius 1 is 1.50 bits per heavy atom. The minimum absolute atomic E-state index is 0.00638.